The second-order valence-electron chi connectivity index (χ2n) is 9.38. The average molecular weight is 634 g/mol. The summed E-state index contributed by atoms with van der Waals surface area (Å²) in [7, 11) is -4.47. The van der Waals surface area contributed by atoms with Gasteiger partial charge in [-0.05, 0) is 108 Å². The highest BCUT2D eigenvalue weighted by molar-refractivity contribution is 7.85. The van der Waals surface area contributed by atoms with Gasteiger partial charge in [0.2, 0.25) is 6.79 Å². The van der Waals surface area contributed by atoms with E-state index in [2.05, 4.69) is 0 Å². The highest BCUT2D eigenvalue weighted by atomic mass is 31.1. The van der Waals surface area contributed by atoms with E-state index in [4.69, 9.17) is 9.47 Å². The molecule has 12 heteroatoms. The van der Waals surface area contributed by atoms with E-state index >= 15 is 0 Å². The number of fused-ring (bicyclic) bond motifs is 1. The van der Waals surface area contributed by atoms with E-state index in [1.54, 1.807) is 0 Å². The van der Waals surface area contributed by atoms with E-state index in [-0.39, 0.29) is 50.1 Å². The summed E-state index contributed by atoms with van der Waals surface area (Å²) in [4.78, 5) is 0. The van der Waals surface area contributed by atoms with Crippen LogP contribution < -0.4 is 41.3 Å². The van der Waals surface area contributed by atoms with E-state index in [9.17, 15) is 35.1 Å². The van der Waals surface area contributed by atoms with E-state index in [1.165, 1.54) is 12.1 Å². The number of hydrogen-bond acceptors (Lipinski definition) is 2. The first-order valence-electron chi connectivity index (χ1n) is 12.4. The van der Waals surface area contributed by atoms with Gasteiger partial charge >= 0.3 is 0 Å². The fourth-order valence-corrected chi connectivity index (χ4v) is 10.2. The monoisotopic (exact) mass is 634 g/mol. The number of rotatable bonds is 6. The molecule has 0 aromatic heterocycles. The van der Waals surface area contributed by atoms with Gasteiger partial charge in [0.25, 0.3) is 0 Å². The second kappa shape index (κ2) is 11.6. The first kappa shape index (κ1) is 29.1. The molecule has 0 aliphatic carbocycles. The molecule has 0 fully saturated rings. The summed E-state index contributed by atoms with van der Waals surface area (Å²) in [6.45, 7) is -0.222. The normalized spacial score (nSPS) is 12.4. The van der Waals surface area contributed by atoms with E-state index in [0.717, 1.165) is 48.5 Å². The van der Waals surface area contributed by atoms with E-state index < -0.39 is 62.4 Å². The molecule has 218 valence electrons. The third-order valence-corrected chi connectivity index (χ3v) is 11.4. The Kier molecular flexibility index (Phi) is 7.84. The van der Waals surface area contributed by atoms with Crippen LogP contribution in [0.4, 0.5) is 35.1 Å². The Morgan fingerprint density at radius 2 is 0.581 bits per heavy atom. The van der Waals surface area contributed by atoms with Crippen molar-refractivity contribution >= 4 is 47.7 Å². The van der Waals surface area contributed by atoms with E-state index in [0.29, 0.717) is 24.3 Å². The molecule has 2 nitrogen and oxygen atoms in total. The molecular weight excluding hydrogens is 618 g/mol. The van der Waals surface area contributed by atoms with Crippen molar-refractivity contribution in [2.45, 2.75) is 0 Å². The largest absolute Gasteiger partial charge is 0.454 e. The van der Waals surface area contributed by atoms with Gasteiger partial charge in [0.15, 0.2) is 11.5 Å². The lowest BCUT2D eigenvalue weighted by Crippen LogP contribution is -2.35. The molecule has 5 aromatic rings. The van der Waals surface area contributed by atoms with Gasteiger partial charge in [-0.25, -0.2) is 35.1 Å². The molecule has 1 aliphatic rings. The molecule has 0 saturated heterocycles. The Morgan fingerprint density at radius 3 is 0.814 bits per heavy atom. The SMILES string of the molecule is Fc1cc(F)cc(P(c2cc(F)cc(F)c2)c2cc3c(cc2P(c2cc(F)cc(F)c2)c2cc(F)cc(F)c2)OCO3)c1. The summed E-state index contributed by atoms with van der Waals surface area (Å²) in [5.41, 5.74) is 0. The van der Waals surface area contributed by atoms with Crippen LogP contribution in [-0.4, -0.2) is 6.79 Å². The molecule has 1 aliphatic heterocycles. The highest BCUT2D eigenvalue weighted by Gasteiger charge is 2.31. The Balaban J connectivity index is 1.72. The molecule has 43 heavy (non-hydrogen) atoms. The van der Waals surface area contributed by atoms with Crippen LogP contribution >= 0.6 is 15.8 Å². The third-order valence-electron chi connectivity index (χ3n) is 6.37. The Hall–Kier alpha value is -4.00. The first-order valence-corrected chi connectivity index (χ1v) is 15.1. The van der Waals surface area contributed by atoms with Gasteiger partial charge in [-0.1, -0.05) is 0 Å². The molecule has 0 atom stereocenters. The molecule has 0 spiro atoms. The molecule has 0 radical (unpaired) electrons. The zero-order valence-electron chi connectivity index (χ0n) is 21.5. The lowest BCUT2D eigenvalue weighted by atomic mass is 10.3. The van der Waals surface area contributed by atoms with Crippen LogP contribution in [0.25, 0.3) is 0 Å². The molecule has 6 rings (SSSR count). The van der Waals surface area contributed by atoms with Gasteiger partial charge in [0.1, 0.15) is 46.5 Å². The molecule has 0 unspecified atom stereocenters. The minimum Gasteiger partial charge on any atom is -0.454 e. The van der Waals surface area contributed by atoms with Crippen molar-refractivity contribution in [1.82, 2.24) is 0 Å². The van der Waals surface area contributed by atoms with E-state index in [1.807, 2.05) is 0 Å². The first-order chi connectivity index (χ1) is 20.5. The van der Waals surface area contributed by atoms with Gasteiger partial charge in [0.05, 0.1) is 0 Å². The predicted octanol–water partition coefficient (Wildman–Crippen LogP) is 6.04. The van der Waals surface area contributed by atoms with Crippen molar-refractivity contribution in [3.8, 4) is 11.5 Å². The molecule has 0 bridgehead atoms. The van der Waals surface area contributed by atoms with Crippen LogP contribution in [0.1, 0.15) is 0 Å². The second-order valence-corrected chi connectivity index (χ2v) is 13.7. The zero-order valence-corrected chi connectivity index (χ0v) is 23.3. The summed E-state index contributed by atoms with van der Waals surface area (Å²) in [6, 6.07) is 13.4. The number of ether oxygens (including phenoxy) is 2. The number of halogens is 8. The molecule has 5 aromatic carbocycles. The van der Waals surface area contributed by atoms with Crippen molar-refractivity contribution in [2.24, 2.45) is 0 Å². The summed E-state index contributed by atoms with van der Waals surface area (Å²) >= 11 is 0. The van der Waals surface area contributed by atoms with Crippen molar-refractivity contribution in [1.29, 1.82) is 0 Å². The topological polar surface area (TPSA) is 18.5 Å². The van der Waals surface area contributed by atoms with Gasteiger partial charge in [-0.3, -0.25) is 0 Å². The van der Waals surface area contributed by atoms with Crippen molar-refractivity contribution in [3.05, 3.63) is 131 Å². The maximum absolute atomic E-state index is 14.6. The minimum atomic E-state index is -2.24. The number of hydrogen-bond donors (Lipinski definition) is 0. The predicted molar refractivity (Wildman–Crippen MR) is 150 cm³/mol. The maximum atomic E-state index is 14.6. The van der Waals surface area contributed by atoms with Crippen LogP contribution in [0.15, 0.2) is 84.9 Å². The zero-order chi connectivity index (χ0) is 30.4. The molecule has 0 saturated carbocycles. The summed E-state index contributed by atoms with van der Waals surface area (Å²) in [5, 5.41) is 0.336. The standard InChI is InChI=1S/C31H16F8O2P2/c32-16-1-17(33)6-24(5-16)42(25-7-18(34)2-19(35)8-25)30-13-28-29(41-15-40-28)14-31(30)43(26-9-20(36)3-21(37)10-26)27-11-22(38)4-23(39)12-27/h1-14H,15H2. The Labute approximate surface area is 242 Å². The summed E-state index contributed by atoms with van der Waals surface area (Å²) < 4.78 is 128. The van der Waals surface area contributed by atoms with Gasteiger partial charge in [-0.2, -0.15) is 0 Å². The average Bonchev–Trinajstić information content (AvgIpc) is 3.34. The highest BCUT2D eigenvalue weighted by Crippen LogP contribution is 2.44. The van der Waals surface area contributed by atoms with Gasteiger partial charge in [0, 0.05) is 24.3 Å². The van der Waals surface area contributed by atoms with Crippen molar-refractivity contribution < 1.29 is 44.6 Å². The van der Waals surface area contributed by atoms with Crippen molar-refractivity contribution in [3.63, 3.8) is 0 Å². The molecule has 0 amide bonds. The van der Waals surface area contributed by atoms with Crippen LogP contribution in [-0.2, 0) is 0 Å². The van der Waals surface area contributed by atoms with Crippen LogP contribution in [0.2, 0.25) is 0 Å². The van der Waals surface area contributed by atoms with Crippen LogP contribution in [0.5, 0.6) is 11.5 Å². The summed E-state index contributed by atoms with van der Waals surface area (Å²) in [5.74, 6) is -7.41. The minimum absolute atomic E-state index is 0.0107. The fourth-order valence-electron chi connectivity index (χ4n) is 4.81. The molecule has 0 N–H and O–H groups in total. The lowest BCUT2D eigenvalue weighted by molar-refractivity contribution is 0.174. The Bertz CT molecular complexity index is 1570. The fraction of sp³-hybridized carbons (Fsp3) is 0.0323. The molecule has 1 heterocycles. The number of benzene rings is 5. The van der Waals surface area contributed by atoms with Crippen LogP contribution in [0, 0.1) is 46.5 Å². The van der Waals surface area contributed by atoms with Crippen LogP contribution in [0.3, 0.4) is 0 Å². The lowest BCUT2D eigenvalue weighted by Gasteiger charge is -2.28. The maximum Gasteiger partial charge on any atom is 0.231 e. The Morgan fingerprint density at radius 1 is 0.349 bits per heavy atom. The van der Waals surface area contributed by atoms with Crippen molar-refractivity contribution in [2.75, 3.05) is 6.79 Å². The van der Waals surface area contributed by atoms with Gasteiger partial charge in [-0.15, -0.1) is 0 Å². The molecular formula is C31H16F8O2P2. The van der Waals surface area contributed by atoms with Gasteiger partial charge < -0.3 is 9.47 Å². The summed E-state index contributed by atoms with van der Waals surface area (Å²) in [6.07, 6.45) is 0. The quantitative estimate of drug-likeness (QED) is 0.168. The smallest absolute Gasteiger partial charge is 0.231 e. The third kappa shape index (κ3) is 6.08.